The van der Waals surface area contributed by atoms with E-state index in [9.17, 15) is 13.2 Å². The number of nitrogens with one attached hydrogen (secondary N) is 1. The highest BCUT2D eigenvalue weighted by atomic mass is 32.2. The molecule has 6 nitrogen and oxygen atoms in total. The van der Waals surface area contributed by atoms with Gasteiger partial charge >= 0.3 is 5.97 Å². The predicted octanol–water partition coefficient (Wildman–Crippen LogP) is 4.01. The molecule has 2 aromatic heterocycles. The van der Waals surface area contributed by atoms with E-state index in [0.29, 0.717) is 5.52 Å². The van der Waals surface area contributed by atoms with Gasteiger partial charge in [-0.3, -0.25) is 4.72 Å². The van der Waals surface area contributed by atoms with Crippen LogP contribution in [0.5, 0.6) is 0 Å². The molecule has 0 saturated carbocycles. The fourth-order valence-corrected chi connectivity index (χ4v) is 5.92. The molecule has 0 aliphatic rings. The topological polar surface area (TPSA) is 96.4 Å². The van der Waals surface area contributed by atoms with Gasteiger partial charge in [0.2, 0.25) is 0 Å². The predicted molar refractivity (Wildman–Crippen MR) is 99.2 cm³/mol. The molecule has 2 aromatic carbocycles. The Kier molecular flexibility index (Phi) is 3.71. The maximum atomic E-state index is 12.5. The van der Waals surface area contributed by atoms with Gasteiger partial charge in [0.25, 0.3) is 10.0 Å². The lowest BCUT2D eigenvalue weighted by Crippen LogP contribution is -2.14. The highest BCUT2D eigenvalue weighted by Gasteiger charge is 2.25. The summed E-state index contributed by atoms with van der Waals surface area (Å²) in [6.45, 7) is 0. The first-order valence-electron chi connectivity index (χ1n) is 7.07. The Hall–Kier alpha value is -2.49. The van der Waals surface area contributed by atoms with Crippen molar-refractivity contribution in [3.8, 4) is 0 Å². The number of hydrogen-bond acceptors (Lipinski definition) is 6. The number of fused-ring (bicyclic) bond motifs is 3. The van der Waals surface area contributed by atoms with Gasteiger partial charge < -0.3 is 5.11 Å². The molecule has 0 atom stereocenters. The summed E-state index contributed by atoms with van der Waals surface area (Å²) in [6.07, 6.45) is 0. The summed E-state index contributed by atoms with van der Waals surface area (Å²) >= 11 is 2.07. The van der Waals surface area contributed by atoms with Crippen molar-refractivity contribution in [3.63, 3.8) is 0 Å². The van der Waals surface area contributed by atoms with Crippen LogP contribution in [0, 0.1) is 0 Å². The number of nitrogens with zero attached hydrogens (tertiary/aromatic N) is 1. The van der Waals surface area contributed by atoms with Crippen LogP contribution < -0.4 is 4.72 Å². The molecule has 25 heavy (non-hydrogen) atoms. The van der Waals surface area contributed by atoms with Crippen molar-refractivity contribution < 1.29 is 18.3 Å². The van der Waals surface area contributed by atoms with E-state index in [2.05, 4.69) is 9.71 Å². The SMILES string of the molecule is O=C(O)c1sccc1S(=O)(=O)Nc1nc2c(ccc3ccccc32)s1. The van der Waals surface area contributed by atoms with E-state index in [-0.39, 0.29) is 14.9 Å². The van der Waals surface area contributed by atoms with Gasteiger partial charge in [-0.15, -0.1) is 11.3 Å². The van der Waals surface area contributed by atoms with Gasteiger partial charge in [0, 0.05) is 5.39 Å². The number of carboxylic acids is 1. The third-order valence-electron chi connectivity index (χ3n) is 3.62. The molecule has 4 rings (SSSR count). The Labute approximate surface area is 150 Å². The number of sulfonamides is 1. The average Bonchev–Trinajstić information content (AvgIpc) is 3.21. The third kappa shape index (κ3) is 2.76. The van der Waals surface area contributed by atoms with Crippen LogP contribution in [0.25, 0.3) is 21.0 Å². The number of hydrogen-bond donors (Lipinski definition) is 2. The Bertz CT molecular complexity index is 1220. The number of aromatic carboxylic acids is 1. The standard InChI is InChI=1S/C16H10N2O4S3/c19-15(20)14-12(7-8-23-14)25(21,22)18-16-17-13-10-4-2-1-3-9(10)5-6-11(13)24-16/h1-8H,(H,17,18)(H,19,20). The van der Waals surface area contributed by atoms with Crippen molar-refractivity contribution in [1.29, 1.82) is 0 Å². The van der Waals surface area contributed by atoms with Gasteiger partial charge in [0.1, 0.15) is 9.77 Å². The van der Waals surface area contributed by atoms with Crippen molar-refractivity contribution in [1.82, 2.24) is 4.98 Å². The molecule has 0 bridgehead atoms. The van der Waals surface area contributed by atoms with Crippen LogP contribution in [0.1, 0.15) is 9.67 Å². The van der Waals surface area contributed by atoms with E-state index < -0.39 is 16.0 Å². The number of thiophene rings is 1. The van der Waals surface area contributed by atoms with Crippen molar-refractivity contribution in [3.05, 3.63) is 52.7 Å². The minimum absolute atomic E-state index is 0.203. The minimum Gasteiger partial charge on any atom is -0.477 e. The zero-order valence-electron chi connectivity index (χ0n) is 12.5. The fraction of sp³-hybridized carbons (Fsp3) is 0. The summed E-state index contributed by atoms with van der Waals surface area (Å²) in [5.74, 6) is -1.27. The van der Waals surface area contributed by atoms with Gasteiger partial charge in [-0.2, -0.15) is 0 Å². The third-order valence-corrected chi connectivity index (χ3v) is 7.10. The molecule has 126 valence electrons. The molecule has 0 spiro atoms. The Balaban J connectivity index is 1.79. The van der Waals surface area contributed by atoms with Gasteiger partial charge in [-0.25, -0.2) is 18.2 Å². The lowest BCUT2D eigenvalue weighted by molar-refractivity contribution is 0.0698. The van der Waals surface area contributed by atoms with E-state index in [1.54, 1.807) is 0 Å². The molecule has 4 aromatic rings. The number of carboxylic acid groups (broad SMARTS) is 1. The minimum atomic E-state index is -4.02. The molecule has 0 radical (unpaired) electrons. The molecule has 2 heterocycles. The van der Waals surface area contributed by atoms with E-state index in [4.69, 9.17) is 5.11 Å². The van der Waals surface area contributed by atoms with Gasteiger partial charge in [-0.1, -0.05) is 41.7 Å². The molecule has 0 unspecified atom stereocenters. The van der Waals surface area contributed by atoms with Crippen molar-refractivity contribution >= 4 is 64.8 Å². The largest absolute Gasteiger partial charge is 0.477 e. The molecular formula is C16H10N2O4S3. The molecular weight excluding hydrogens is 380 g/mol. The lowest BCUT2D eigenvalue weighted by Gasteiger charge is -2.03. The second-order valence-corrected chi connectivity index (χ2v) is 8.77. The average molecular weight is 390 g/mol. The second-order valence-electron chi connectivity index (χ2n) is 5.18. The highest BCUT2D eigenvalue weighted by Crippen LogP contribution is 2.33. The quantitative estimate of drug-likeness (QED) is 0.549. The Morgan fingerprint density at radius 1 is 1.12 bits per heavy atom. The highest BCUT2D eigenvalue weighted by molar-refractivity contribution is 7.93. The maximum absolute atomic E-state index is 12.5. The summed E-state index contributed by atoms with van der Waals surface area (Å²) in [7, 11) is -4.02. The molecule has 0 aliphatic heterocycles. The van der Waals surface area contributed by atoms with Crippen molar-refractivity contribution in [2.75, 3.05) is 4.72 Å². The lowest BCUT2D eigenvalue weighted by atomic mass is 10.1. The summed E-state index contributed by atoms with van der Waals surface area (Å²) in [4.78, 5) is 15.1. The number of rotatable bonds is 4. The Morgan fingerprint density at radius 2 is 1.92 bits per heavy atom. The molecule has 0 amide bonds. The molecule has 0 saturated heterocycles. The number of benzene rings is 2. The molecule has 9 heteroatoms. The second kappa shape index (κ2) is 5.80. The molecule has 0 aliphatic carbocycles. The summed E-state index contributed by atoms with van der Waals surface area (Å²) in [6, 6.07) is 12.8. The first-order valence-corrected chi connectivity index (χ1v) is 10.3. The first-order chi connectivity index (χ1) is 12.0. The summed E-state index contributed by atoms with van der Waals surface area (Å²) in [5.41, 5.74) is 0.713. The Morgan fingerprint density at radius 3 is 2.72 bits per heavy atom. The van der Waals surface area contributed by atoms with Gasteiger partial charge in [-0.05, 0) is 22.9 Å². The van der Waals surface area contributed by atoms with Crippen LogP contribution in [0.2, 0.25) is 0 Å². The van der Waals surface area contributed by atoms with Crippen LogP contribution in [-0.2, 0) is 10.0 Å². The van der Waals surface area contributed by atoms with Gasteiger partial charge in [0.15, 0.2) is 5.13 Å². The van der Waals surface area contributed by atoms with Crippen LogP contribution >= 0.6 is 22.7 Å². The zero-order valence-corrected chi connectivity index (χ0v) is 14.9. The number of anilines is 1. The van der Waals surface area contributed by atoms with Crippen molar-refractivity contribution in [2.24, 2.45) is 0 Å². The van der Waals surface area contributed by atoms with Gasteiger partial charge in [0.05, 0.1) is 10.2 Å². The summed E-state index contributed by atoms with van der Waals surface area (Å²) < 4.78 is 28.3. The maximum Gasteiger partial charge on any atom is 0.347 e. The van der Waals surface area contributed by atoms with E-state index >= 15 is 0 Å². The number of aromatic nitrogens is 1. The van der Waals surface area contributed by atoms with Crippen molar-refractivity contribution in [2.45, 2.75) is 4.90 Å². The van der Waals surface area contributed by atoms with Crippen LogP contribution in [0.4, 0.5) is 5.13 Å². The van der Waals surface area contributed by atoms with Crippen LogP contribution in [-0.4, -0.2) is 24.5 Å². The smallest absolute Gasteiger partial charge is 0.347 e. The monoisotopic (exact) mass is 390 g/mol. The van der Waals surface area contributed by atoms with E-state index in [0.717, 1.165) is 26.8 Å². The normalized spacial score (nSPS) is 11.8. The number of carbonyl (C=O) groups is 1. The van der Waals surface area contributed by atoms with Crippen LogP contribution in [0.15, 0.2) is 52.7 Å². The summed E-state index contributed by atoms with van der Waals surface area (Å²) in [5, 5.41) is 12.7. The fourth-order valence-electron chi connectivity index (χ4n) is 2.54. The van der Waals surface area contributed by atoms with E-state index in [1.165, 1.54) is 22.8 Å². The number of thiazole rings is 1. The molecule has 0 fully saturated rings. The first kappa shape index (κ1) is 16.0. The van der Waals surface area contributed by atoms with E-state index in [1.807, 2.05) is 36.4 Å². The zero-order chi connectivity index (χ0) is 17.6. The molecule has 2 N–H and O–H groups in total. The van der Waals surface area contributed by atoms with Crippen LogP contribution in [0.3, 0.4) is 0 Å².